The Hall–Kier alpha value is -2.89. The summed E-state index contributed by atoms with van der Waals surface area (Å²) in [7, 11) is 0. The minimum absolute atomic E-state index is 0.355. The Morgan fingerprint density at radius 3 is 2.40 bits per heavy atom. The third kappa shape index (κ3) is 11.4. The Labute approximate surface area is 210 Å². The molecule has 1 aromatic heterocycles. The number of nitrogens with one attached hydrogen (secondary N) is 2. The van der Waals surface area contributed by atoms with Crippen molar-refractivity contribution in [3.05, 3.63) is 47.7 Å². The fourth-order valence-corrected chi connectivity index (χ4v) is 4.10. The molecule has 1 heterocycles. The largest absolute Gasteiger partial charge is 0.361 e. The van der Waals surface area contributed by atoms with E-state index in [9.17, 15) is 4.79 Å². The van der Waals surface area contributed by atoms with Crippen molar-refractivity contribution in [3.63, 3.8) is 0 Å². The van der Waals surface area contributed by atoms with Gasteiger partial charge in [0.2, 0.25) is 0 Å². The molecular formula is C29H42N4O2. The molecule has 190 valence electrons. The van der Waals surface area contributed by atoms with E-state index in [1.165, 1.54) is 19.1 Å². The van der Waals surface area contributed by atoms with Crippen LogP contribution in [0.2, 0.25) is 0 Å². The van der Waals surface area contributed by atoms with Gasteiger partial charge < -0.3 is 9.93 Å². The number of Topliss-reactive ketones (excluding diaryl/α,β-unsaturated/α-hetero) is 1. The number of aryl methyl sites for hydroxylation is 1. The molecule has 0 unspecified atom stereocenters. The zero-order valence-electron chi connectivity index (χ0n) is 21.4. The summed E-state index contributed by atoms with van der Waals surface area (Å²) in [5.41, 5.74) is 10.6. The lowest BCUT2D eigenvalue weighted by atomic mass is 10.0. The minimum Gasteiger partial charge on any atom is -0.361 e. The molecule has 0 radical (unpaired) electrons. The van der Waals surface area contributed by atoms with Crippen LogP contribution in [0.25, 0.3) is 16.8 Å². The van der Waals surface area contributed by atoms with Gasteiger partial charge in [0.05, 0.1) is 6.54 Å². The SMILES string of the molecule is CCCCC/C=C(\C=N)c1ccc(-c2cc(CCCCC(=O)CCCCCCCN=N)on2)cc1. The fourth-order valence-electron chi connectivity index (χ4n) is 4.10. The van der Waals surface area contributed by atoms with Gasteiger partial charge in [-0.15, -0.1) is 0 Å². The van der Waals surface area contributed by atoms with Gasteiger partial charge in [0.1, 0.15) is 17.2 Å². The number of carbonyl (C=O) groups excluding carboxylic acids is 1. The first-order chi connectivity index (χ1) is 17.2. The van der Waals surface area contributed by atoms with Crippen molar-refractivity contribution in [3.8, 4) is 11.3 Å². The topological polar surface area (TPSA) is 103 Å². The molecule has 0 saturated heterocycles. The molecule has 6 heteroatoms. The van der Waals surface area contributed by atoms with E-state index >= 15 is 0 Å². The molecule has 0 aliphatic rings. The zero-order chi connectivity index (χ0) is 25.1. The first-order valence-electron chi connectivity index (χ1n) is 13.3. The van der Waals surface area contributed by atoms with Crippen LogP contribution in [0.3, 0.4) is 0 Å². The van der Waals surface area contributed by atoms with Gasteiger partial charge in [-0.1, -0.05) is 74.5 Å². The third-order valence-electron chi connectivity index (χ3n) is 6.25. The van der Waals surface area contributed by atoms with Crippen molar-refractivity contribution < 1.29 is 9.32 Å². The maximum atomic E-state index is 12.1. The van der Waals surface area contributed by atoms with E-state index in [0.29, 0.717) is 25.2 Å². The van der Waals surface area contributed by atoms with Gasteiger partial charge in [0.25, 0.3) is 0 Å². The smallest absolute Gasteiger partial charge is 0.137 e. The van der Waals surface area contributed by atoms with E-state index in [-0.39, 0.29) is 0 Å². The summed E-state index contributed by atoms with van der Waals surface area (Å²) in [5.74, 6) is 1.21. The van der Waals surface area contributed by atoms with E-state index in [1.54, 1.807) is 0 Å². The highest BCUT2D eigenvalue weighted by molar-refractivity contribution is 6.08. The number of unbranched alkanes of at least 4 members (excludes halogenated alkanes) is 8. The molecule has 0 aliphatic heterocycles. The molecule has 0 saturated carbocycles. The molecule has 0 fully saturated rings. The second kappa shape index (κ2) is 17.5. The first kappa shape index (κ1) is 28.3. The highest BCUT2D eigenvalue weighted by Crippen LogP contribution is 2.23. The predicted molar refractivity (Wildman–Crippen MR) is 143 cm³/mol. The number of hydrogen-bond donors (Lipinski definition) is 2. The zero-order valence-corrected chi connectivity index (χ0v) is 21.4. The highest BCUT2D eigenvalue weighted by atomic mass is 16.5. The maximum Gasteiger partial charge on any atom is 0.137 e. The molecule has 2 N–H and O–H groups in total. The molecule has 35 heavy (non-hydrogen) atoms. The Bertz CT molecular complexity index is 915. The van der Waals surface area contributed by atoms with Crippen LogP contribution in [0.1, 0.15) is 102 Å². The standard InChI is InChI=1S/C29H42N4O2/c1-2-3-4-8-13-26(23-30)24-17-19-25(20-18-24)29-22-28(35-33-29)16-11-10-15-27(34)14-9-6-5-7-12-21-32-31/h13,17-20,22-23,30-31H,2-12,14-16,21H2,1H3/b26-13+,30-23?,32-31?. The van der Waals surface area contributed by atoms with Crippen LogP contribution < -0.4 is 0 Å². The minimum atomic E-state index is 0.355. The Morgan fingerprint density at radius 1 is 0.971 bits per heavy atom. The lowest BCUT2D eigenvalue weighted by molar-refractivity contribution is -0.119. The van der Waals surface area contributed by atoms with Gasteiger partial charge in [-0.2, -0.15) is 5.11 Å². The Morgan fingerprint density at radius 2 is 1.69 bits per heavy atom. The van der Waals surface area contributed by atoms with Gasteiger partial charge in [0.15, 0.2) is 0 Å². The van der Waals surface area contributed by atoms with Crippen molar-refractivity contribution in [1.29, 1.82) is 10.9 Å². The molecule has 0 amide bonds. The molecule has 0 spiro atoms. The van der Waals surface area contributed by atoms with Crippen molar-refractivity contribution in [2.24, 2.45) is 5.11 Å². The first-order valence-corrected chi connectivity index (χ1v) is 13.3. The maximum absolute atomic E-state index is 12.1. The normalized spacial score (nSPS) is 11.5. The van der Waals surface area contributed by atoms with Crippen molar-refractivity contribution in [2.45, 2.75) is 96.8 Å². The van der Waals surface area contributed by atoms with Crippen LogP contribution >= 0.6 is 0 Å². The van der Waals surface area contributed by atoms with Crippen molar-refractivity contribution >= 4 is 17.6 Å². The summed E-state index contributed by atoms with van der Waals surface area (Å²) >= 11 is 0. The summed E-state index contributed by atoms with van der Waals surface area (Å²) in [6, 6.07) is 10.1. The average molecular weight is 479 g/mol. The molecular weight excluding hydrogens is 436 g/mol. The number of benzene rings is 1. The van der Waals surface area contributed by atoms with Crippen LogP contribution in [-0.4, -0.2) is 23.7 Å². The van der Waals surface area contributed by atoms with Crippen molar-refractivity contribution in [1.82, 2.24) is 5.16 Å². The lowest BCUT2D eigenvalue weighted by Gasteiger charge is -2.03. The lowest BCUT2D eigenvalue weighted by Crippen LogP contribution is -1.98. The number of aromatic nitrogens is 1. The van der Waals surface area contributed by atoms with Crippen LogP contribution in [0, 0.1) is 10.9 Å². The van der Waals surface area contributed by atoms with Gasteiger partial charge in [-0.3, -0.25) is 4.79 Å². The number of hydrogen-bond acceptors (Lipinski definition) is 6. The van der Waals surface area contributed by atoms with Crippen LogP contribution in [-0.2, 0) is 11.2 Å². The molecule has 2 rings (SSSR count). The van der Waals surface area contributed by atoms with Crippen LogP contribution in [0.5, 0.6) is 0 Å². The Balaban J connectivity index is 1.69. The van der Waals surface area contributed by atoms with E-state index in [0.717, 1.165) is 92.4 Å². The summed E-state index contributed by atoms with van der Waals surface area (Å²) in [6.07, 6.45) is 17.3. The monoisotopic (exact) mass is 478 g/mol. The Kier molecular flexibility index (Phi) is 14.2. The quantitative estimate of drug-likeness (QED) is 0.113. The molecule has 0 atom stereocenters. The van der Waals surface area contributed by atoms with E-state index in [4.69, 9.17) is 15.5 Å². The molecule has 2 aromatic rings. The second-order valence-corrected chi connectivity index (χ2v) is 9.20. The average Bonchev–Trinajstić information content (AvgIpc) is 3.35. The number of rotatable bonds is 20. The number of ketones is 1. The van der Waals surface area contributed by atoms with Gasteiger partial charge in [-0.05, 0) is 49.7 Å². The molecule has 1 aromatic carbocycles. The van der Waals surface area contributed by atoms with E-state index < -0.39 is 0 Å². The molecule has 0 aliphatic carbocycles. The van der Waals surface area contributed by atoms with Crippen LogP contribution in [0.15, 0.2) is 46.0 Å². The molecule has 0 bridgehead atoms. The number of allylic oxidation sites excluding steroid dienone is 2. The number of carbonyl (C=O) groups is 1. The summed E-state index contributed by atoms with van der Waals surface area (Å²) in [5, 5.41) is 15.3. The van der Waals surface area contributed by atoms with Gasteiger partial charge in [-0.25, -0.2) is 5.53 Å². The highest BCUT2D eigenvalue weighted by Gasteiger charge is 2.08. The number of nitrogens with zero attached hydrogens (tertiary/aromatic N) is 2. The summed E-state index contributed by atoms with van der Waals surface area (Å²) < 4.78 is 5.52. The summed E-state index contributed by atoms with van der Waals surface area (Å²) in [6.45, 7) is 2.82. The van der Waals surface area contributed by atoms with Crippen LogP contribution in [0.4, 0.5) is 0 Å². The van der Waals surface area contributed by atoms with Gasteiger partial charge in [0, 0.05) is 37.1 Å². The van der Waals surface area contributed by atoms with E-state index in [2.05, 4.69) is 23.3 Å². The van der Waals surface area contributed by atoms with E-state index in [1.807, 2.05) is 30.3 Å². The second-order valence-electron chi connectivity index (χ2n) is 9.20. The summed E-state index contributed by atoms with van der Waals surface area (Å²) in [4.78, 5) is 12.1. The van der Waals surface area contributed by atoms with Gasteiger partial charge >= 0.3 is 0 Å². The fraction of sp³-hybridized carbons (Fsp3) is 0.552. The predicted octanol–water partition coefficient (Wildman–Crippen LogP) is 8.61. The van der Waals surface area contributed by atoms with Crippen molar-refractivity contribution in [2.75, 3.05) is 6.54 Å². The third-order valence-corrected chi connectivity index (χ3v) is 6.25. The molecule has 6 nitrogen and oxygen atoms in total.